The third-order valence-corrected chi connectivity index (χ3v) is 6.51. The summed E-state index contributed by atoms with van der Waals surface area (Å²) in [6.07, 6.45) is 1.05. The highest BCUT2D eigenvalue weighted by atomic mass is 32.2. The summed E-state index contributed by atoms with van der Waals surface area (Å²) in [5.74, 6) is 0. The number of likely N-dealkylation sites (N-methyl/N-ethyl adjacent to an activating group) is 1. The Balaban J connectivity index is 2.05. The molecule has 26 heavy (non-hydrogen) atoms. The SMILES string of the molecule is CN(C)CCNC(=O)N1CCCC(S(=O)(=O)c2ccc([N+](=O)[O-])cc2)C1. The van der Waals surface area contributed by atoms with Crippen LogP contribution < -0.4 is 5.32 Å². The number of piperidine rings is 1. The average Bonchev–Trinajstić information content (AvgIpc) is 2.61. The molecule has 1 heterocycles. The van der Waals surface area contributed by atoms with Gasteiger partial charge in [-0.1, -0.05) is 0 Å². The molecule has 0 aliphatic carbocycles. The fourth-order valence-corrected chi connectivity index (χ4v) is 4.58. The second kappa shape index (κ2) is 8.45. The van der Waals surface area contributed by atoms with E-state index in [-0.39, 0.29) is 23.2 Å². The lowest BCUT2D eigenvalue weighted by molar-refractivity contribution is -0.384. The van der Waals surface area contributed by atoms with E-state index in [1.165, 1.54) is 29.2 Å². The maximum atomic E-state index is 12.8. The van der Waals surface area contributed by atoms with Crippen LogP contribution in [-0.2, 0) is 9.84 Å². The van der Waals surface area contributed by atoms with E-state index in [4.69, 9.17) is 0 Å². The molecule has 1 unspecified atom stereocenters. The highest BCUT2D eigenvalue weighted by molar-refractivity contribution is 7.92. The number of carbonyl (C=O) groups is 1. The molecule has 1 fully saturated rings. The number of hydrogen-bond donors (Lipinski definition) is 1. The molecule has 1 aromatic rings. The number of carbonyl (C=O) groups excluding carboxylic acids is 1. The van der Waals surface area contributed by atoms with Crippen LogP contribution in [0.25, 0.3) is 0 Å². The summed E-state index contributed by atoms with van der Waals surface area (Å²) in [7, 11) is 0.148. The van der Waals surface area contributed by atoms with E-state index in [1.807, 2.05) is 19.0 Å². The Bertz CT molecular complexity index is 748. The van der Waals surface area contributed by atoms with Crippen LogP contribution in [0.1, 0.15) is 12.8 Å². The minimum atomic E-state index is -3.66. The molecule has 1 aromatic carbocycles. The molecule has 1 aliphatic heterocycles. The van der Waals surface area contributed by atoms with Crippen molar-refractivity contribution in [2.45, 2.75) is 23.0 Å². The maximum absolute atomic E-state index is 12.8. The fraction of sp³-hybridized carbons (Fsp3) is 0.562. The van der Waals surface area contributed by atoms with E-state index >= 15 is 0 Å². The first-order valence-electron chi connectivity index (χ1n) is 8.37. The van der Waals surface area contributed by atoms with Crippen molar-refractivity contribution in [1.29, 1.82) is 0 Å². The second-order valence-corrected chi connectivity index (χ2v) is 8.77. The van der Waals surface area contributed by atoms with Gasteiger partial charge in [-0.15, -0.1) is 0 Å². The standard InChI is InChI=1S/C16H24N4O5S/c1-18(2)11-9-17-16(21)19-10-3-4-15(12-19)26(24,25)14-7-5-13(6-8-14)20(22)23/h5-8,15H,3-4,9-12H2,1-2H3,(H,17,21). The topological polar surface area (TPSA) is 113 Å². The van der Waals surface area contributed by atoms with Gasteiger partial charge in [-0.2, -0.15) is 0 Å². The number of non-ortho nitro benzene ring substituents is 1. The molecule has 0 radical (unpaired) electrons. The minimum absolute atomic E-state index is 0.0444. The molecule has 2 amide bonds. The first kappa shape index (κ1) is 20.1. The van der Waals surface area contributed by atoms with Crippen molar-refractivity contribution in [3.05, 3.63) is 34.4 Å². The van der Waals surface area contributed by atoms with Gasteiger partial charge < -0.3 is 15.1 Å². The van der Waals surface area contributed by atoms with Gasteiger partial charge >= 0.3 is 6.03 Å². The average molecular weight is 384 g/mol. The van der Waals surface area contributed by atoms with Gasteiger partial charge in [0, 0.05) is 38.3 Å². The summed E-state index contributed by atoms with van der Waals surface area (Å²) >= 11 is 0. The Morgan fingerprint density at radius 1 is 1.35 bits per heavy atom. The quantitative estimate of drug-likeness (QED) is 0.580. The second-order valence-electron chi connectivity index (χ2n) is 6.54. The predicted molar refractivity (Wildman–Crippen MR) is 96.8 cm³/mol. The monoisotopic (exact) mass is 384 g/mol. The van der Waals surface area contributed by atoms with Gasteiger partial charge in [0.15, 0.2) is 9.84 Å². The third kappa shape index (κ3) is 4.92. The van der Waals surface area contributed by atoms with Crippen molar-refractivity contribution in [3.8, 4) is 0 Å². The molecule has 0 bridgehead atoms. The number of nitro benzene ring substituents is 1. The van der Waals surface area contributed by atoms with Crippen molar-refractivity contribution in [2.75, 3.05) is 40.3 Å². The van der Waals surface area contributed by atoms with Crippen molar-refractivity contribution in [1.82, 2.24) is 15.1 Å². The lowest BCUT2D eigenvalue weighted by Gasteiger charge is -2.32. The Morgan fingerprint density at radius 3 is 2.58 bits per heavy atom. The van der Waals surface area contributed by atoms with Crippen LogP contribution in [0.3, 0.4) is 0 Å². The number of sulfone groups is 1. The van der Waals surface area contributed by atoms with Gasteiger partial charge in [-0.25, -0.2) is 13.2 Å². The van der Waals surface area contributed by atoms with E-state index in [1.54, 1.807) is 0 Å². The molecule has 144 valence electrons. The van der Waals surface area contributed by atoms with Crippen LogP contribution in [0.15, 0.2) is 29.2 Å². The zero-order chi connectivity index (χ0) is 19.3. The van der Waals surface area contributed by atoms with Crippen molar-refractivity contribution < 1.29 is 18.1 Å². The fourth-order valence-electron chi connectivity index (χ4n) is 2.82. The lowest BCUT2D eigenvalue weighted by atomic mass is 10.1. The van der Waals surface area contributed by atoms with Gasteiger partial charge in [-0.05, 0) is 39.1 Å². The number of amides is 2. The molecule has 1 saturated heterocycles. The Hall–Kier alpha value is -2.20. The molecule has 0 spiro atoms. The maximum Gasteiger partial charge on any atom is 0.317 e. The van der Waals surface area contributed by atoms with Gasteiger partial charge in [0.1, 0.15) is 0 Å². The highest BCUT2D eigenvalue weighted by Gasteiger charge is 2.34. The van der Waals surface area contributed by atoms with E-state index in [9.17, 15) is 23.3 Å². The smallest absolute Gasteiger partial charge is 0.317 e. The summed E-state index contributed by atoms with van der Waals surface area (Å²) in [5, 5.41) is 12.8. The molecule has 1 atom stereocenters. The summed E-state index contributed by atoms with van der Waals surface area (Å²) in [5.41, 5.74) is -0.158. The summed E-state index contributed by atoms with van der Waals surface area (Å²) in [6.45, 7) is 1.82. The van der Waals surface area contributed by atoms with Crippen LogP contribution in [0, 0.1) is 10.1 Å². The summed E-state index contributed by atoms with van der Waals surface area (Å²) in [4.78, 5) is 25.9. The molecule has 2 rings (SSSR count). The molecular formula is C16H24N4O5S. The van der Waals surface area contributed by atoms with Gasteiger partial charge in [-0.3, -0.25) is 10.1 Å². The van der Waals surface area contributed by atoms with Crippen LogP contribution in [-0.4, -0.2) is 74.7 Å². The predicted octanol–water partition coefficient (Wildman–Crippen LogP) is 1.10. The number of benzene rings is 1. The number of hydrogen-bond acceptors (Lipinski definition) is 6. The Kier molecular flexibility index (Phi) is 6.54. The zero-order valence-corrected chi connectivity index (χ0v) is 15.7. The highest BCUT2D eigenvalue weighted by Crippen LogP contribution is 2.25. The van der Waals surface area contributed by atoms with E-state index in [0.29, 0.717) is 32.5 Å². The first-order chi connectivity index (χ1) is 12.2. The molecular weight excluding hydrogens is 360 g/mol. The van der Waals surface area contributed by atoms with Crippen LogP contribution in [0.5, 0.6) is 0 Å². The van der Waals surface area contributed by atoms with E-state index < -0.39 is 20.0 Å². The van der Waals surface area contributed by atoms with Gasteiger partial charge in [0.25, 0.3) is 5.69 Å². The number of nitrogens with zero attached hydrogens (tertiary/aromatic N) is 3. The van der Waals surface area contributed by atoms with Crippen LogP contribution in [0.4, 0.5) is 10.5 Å². The van der Waals surface area contributed by atoms with Gasteiger partial charge in [0.05, 0.1) is 15.1 Å². The minimum Gasteiger partial charge on any atom is -0.337 e. The number of rotatable bonds is 6. The molecule has 0 aromatic heterocycles. The van der Waals surface area contributed by atoms with Crippen LogP contribution in [0.2, 0.25) is 0 Å². The molecule has 0 saturated carbocycles. The largest absolute Gasteiger partial charge is 0.337 e. The molecule has 1 N–H and O–H groups in total. The van der Waals surface area contributed by atoms with E-state index in [0.717, 1.165) is 0 Å². The number of urea groups is 1. The number of likely N-dealkylation sites (tertiary alicyclic amines) is 1. The van der Waals surface area contributed by atoms with Crippen molar-refractivity contribution in [3.63, 3.8) is 0 Å². The molecule has 1 aliphatic rings. The van der Waals surface area contributed by atoms with E-state index in [2.05, 4.69) is 5.32 Å². The molecule has 10 heteroatoms. The van der Waals surface area contributed by atoms with Gasteiger partial charge in [0.2, 0.25) is 0 Å². The summed E-state index contributed by atoms with van der Waals surface area (Å²) in [6, 6.07) is 4.60. The third-order valence-electron chi connectivity index (χ3n) is 4.32. The number of nitro groups is 1. The summed E-state index contributed by atoms with van der Waals surface area (Å²) < 4.78 is 25.6. The number of nitrogens with one attached hydrogen (secondary N) is 1. The van der Waals surface area contributed by atoms with Crippen molar-refractivity contribution in [2.24, 2.45) is 0 Å². The normalized spacial score (nSPS) is 18.0. The first-order valence-corrected chi connectivity index (χ1v) is 9.92. The zero-order valence-electron chi connectivity index (χ0n) is 14.9. The molecule has 9 nitrogen and oxygen atoms in total. The van der Waals surface area contributed by atoms with Crippen molar-refractivity contribution >= 4 is 21.6 Å². The lowest BCUT2D eigenvalue weighted by Crippen LogP contribution is -2.49. The Labute approximate surface area is 153 Å². The Morgan fingerprint density at radius 2 is 2.00 bits per heavy atom. The van der Waals surface area contributed by atoms with Crippen LogP contribution >= 0.6 is 0 Å².